The molecule has 38 heavy (non-hydrogen) atoms. The lowest BCUT2D eigenvalue weighted by Crippen LogP contribution is -2.49. The topological polar surface area (TPSA) is 127 Å². The normalized spacial score (nSPS) is 24.7. The first-order chi connectivity index (χ1) is 18.1. The molecular weight excluding hydrogens is 482 g/mol. The summed E-state index contributed by atoms with van der Waals surface area (Å²) >= 11 is 0. The number of carbonyl (C=O) groups excluding carboxylic acids is 3. The van der Waals surface area contributed by atoms with Crippen LogP contribution in [0.25, 0.3) is 10.9 Å². The van der Waals surface area contributed by atoms with Gasteiger partial charge >= 0.3 is 0 Å². The van der Waals surface area contributed by atoms with Gasteiger partial charge in [0, 0.05) is 28.9 Å². The fourth-order valence-corrected chi connectivity index (χ4v) is 6.83. The van der Waals surface area contributed by atoms with E-state index in [4.69, 9.17) is 4.74 Å². The quantitative estimate of drug-likeness (QED) is 0.537. The van der Waals surface area contributed by atoms with Gasteiger partial charge in [0.2, 0.25) is 11.8 Å². The summed E-state index contributed by atoms with van der Waals surface area (Å²) in [4.78, 5) is 44.8. The Morgan fingerprint density at radius 1 is 1.24 bits per heavy atom. The lowest BCUT2D eigenvalue weighted by Gasteiger charge is -2.32. The van der Waals surface area contributed by atoms with Gasteiger partial charge in [-0.1, -0.05) is 25.3 Å². The van der Waals surface area contributed by atoms with Crippen molar-refractivity contribution >= 4 is 28.6 Å². The van der Waals surface area contributed by atoms with E-state index in [1.165, 1.54) is 6.42 Å². The van der Waals surface area contributed by atoms with Gasteiger partial charge < -0.3 is 25.3 Å². The van der Waals surface area contributed by atoms with Crippen LogP contribution in [0.2, 0.25) is 0 Å². The summed E-state index contributed by atoms with van der Waals surface area (Å²) in [5, 5.41) is 16.5. The van der Waals surface area contributed by atoms with E-state index < -0.39 is 12.1 Å². The smallest absolute Gasteiger partial charge is 0.271 e. The zero-order chi connectivity index (χ0) is 27.1. The van der Waals surface area contributed by atoms with Crippen molar-refractivity contribution in [3.05, 3.63) is 30.0 Å². The van der Waals surface area contributed by atoms with Gasteiger partial charge in [-0.05, 0) is 69.6 Å². The molecule has 1 saturated carbocycles. The third-order valence-electron chi connectivity index (χ3n) is 8.64. The van der Waals surface area contributed by atoms with Crippen molar-refractivity contribution in [3.63, 3.8) is 0 Å². The van der Waals surface area contributed by atoms with E-state index in [0.29, 0.717) is 30.8 Å². The third kappa shape index (κ3) is 4.96. The Kier molecular flexibility index (Phi) is 6.84. The zero-order valence-electron chi connectivity index (χ0n) is 22.4. The molecule has 3 heterocycles. The highest BCUT2D eigenvalue weighted by Gasteiger charge is 2.49. The number of aromatic nitrogens is 1. The number of ether oxygens (including phenoxy) is 1. The lowest BCUT2D eigenvalue weighted by molar-refractivity contribution is -0.126. The Labute approximate surface area is 223 Å². The molecule has 3 atom stereocenters. The largest absolute Gasteiger partial charge is 0.496 e. The molecule has 3 N–H and O–H groups in total. The average Bonchev–Trinajstić information content (AvgIpc) is 3.56. The first-order valence-electron chi connectivity index (χ1n) is 13.6. The molecule has 2 aliphatic heterocycles. The van der Waals surface area contributed by atoms with Crippen LogP contribution in [-0.2, 0) is 9.59 Å². The summed E-state index contributed by atoms with van der Waals surface area (Å²) < 4.78 is 5.46. The van der Waals surface area contributed by atoms with E-state index in [1.807, 2.05) is 32.0 Å². The molecule has 1 aliphatic carbocycles. The maximum Gasteiger partial charge on any atom is 0.271 e. The van der Waals surface area contributed by atoms with Crippen LogP contribution in [0.15, 0.2) is 24.3 Å². The van der Waals surface area contributed by atoms with Gasteiger partial charge in [-0.3, -0.25) is 14.4 Å². The van der Waals surface area contributed by atoms with Crippen LogP contribution in [-0.4, -0.2) is 58.9 Å². The number of nitriles is 1. The second kappa shape index (κ2) is 9.97. The molecule has 1 aromatic heterocycles. The summed E-state index contributed by atoms with van der Waals surface area (Å²) in [6.07, 6.45) is 6.78. The zero-order valence-corrected chi connectivity index (χ0v) is 22.4. The molecule has 0 radical (unpaired) electrons. The van der Waals surface area contributed by atoms with Gasteiger partial charge in [-0.15, -0.1) is 0 Å². The number of H-pyrrole nitrogens is 1. The Morgan fingerprint density at radius 2 is 2.00 bits per heavy atom. The standard InChI is InChI=1S/C29H37N5O4/c1-28(2)14-18(25(35)33-28)12-19(16-30)31-26(36)23-15-29(10-5-4-6-11-29)17-34(23)27(37)22-13-20-21(32-22)8-7-9-24(20)38-3/h7-9,13,18-19,23,32H,4-6,10-12,14-15,17H2,1-3H3,(H,31,36)(H,33,35)/t18?,19-,23?/m0/s1. The van der Waals surface area contributed by atoms with Gasteiger partial charge in [-0.2, -0.15) is 5.26 Å². The Bertz CT molecular complexity index is 1290. The molecule has 3 aliphatic rings. The van der Waals surface area contributed by atoms with Gasteiger partial charge in [0.15, 0.2) is 0 Å². The van der Waals surface area contributed by atoms with Crippen molar-refractivity contribution in [1.82, 2.24) is 20.5 Å². The highest BCUT2D eigenvalue weighted by atomic mass is 16.5. The first-order valence-corrected chi connectivity index (χ1v) is 13.6. The molecule has 9 nitrogen and oxygen atoms in total. The minimum Gasteiger partial charge on any atom is -0.496 e. The van der Waals surface area contributed by atoms with E-state index in [2.05, 4.69) is 21.7 Å². The summed E-state index contributed by atoms with van der Waals surface area (Å²) in [7, 11) is 1.60. The maximum absolute atomic E-state index is 13.9. The fourth-order valence-electron chi connectivity index (χ4n) is 6.83. The number of nitrogens with one attached hydrogen (secondary N) is 3. The number of benzene rings is 1. The monoisotopic (exact) mass is 519 g/mol. The molecule has 5 rings (SSSR count). The van der Waals surface area contributed by atoms with E-state index in [1.54, 1.807) is 18.1 Å². The molecule has 9 heteroatoms. The van der Waals surface area contributed by atoms with Gasteiger partial charge in [0.1, 0.15) is 23.5 Å². The Balaban J connectivity index is 1.37. The number of fused-ring (bicyclic) bond motifs is 1. The first kappa shape index (κ1) is 26.1. The molecule has 1 spiro atoms. The van der Waals surface area contributed by atoms with Crippen molar-refractivity contribution in [2.24, 2.45) is 11.3 Å². The summed E-state index contributed by atoms with van der Waals surface area (Å²) in [6.45, 7) is 4.43. The number of hydrogen-bond acceptors (Lipinski definition) is 5. The van der Waals surface area contributed by atoms with E-state index in [9.17, 15) is 19.6 Å². The molecule has 3 fully saturated rings. The van der Waals surface area contributed by atoms with Crippen molar-refractivity contribution in [2.45, 2.75) is 82.8 Å². The second-order valence-electron chi connectivity index (χ2n) is 12.0. The summed E-state index contributed by atoms with van der Waals surface area (Å²) in [5.41, 5.74) is 0.798. The molecule has 3 amide bonds. The number of carbonyl (C=O) groups is 3. The highest BCUT2D eigenvalue weighted by molar-refractivity contribution is 6.02. The fraction of sp³-hybridized carbons (Fsp3) is 0.586. The molecular formula is C29H37N5O4. The van der Waals surface area contributed by atoms with Crippen molar-refractivity contribution in [3.8, 4) is 11.8 Å². The predicted molar refractivity (Wildman–Crippen MR) is 142 cm³/mol. The van der Waals surface area contributed by atoms with Crippen molar-refractivity contribution in [1.29, 1.82) is 5.26 Å². The molecule has 2 aromatic rings. The van der Waals surface area contributed by atoms with Crippen molar-refractivity contribution in [2.75, 3.05) is 13.7 Å². The van der Waals surface area contributed by atoms with E-state index in [-0.39, 0.29) is 41.0 Å². The number of aromatic amines is 1. The number of hydrogen-bond donors (Lipinski definition) is 3. The van der Waals surface area contributed by atoms with E-state index >= 15 is 0 Å². The molecule has 2 unspecified atom stereocenters. The SMILES string of the molecule is COc1cccc2[nH]c(C(=O)N3CC4(CCCCC4)CC3C(=O)N[C@H](C#N)CC3CC(C)(C)NC3=O)cc12. The van der Waals surface area contributed by atoms with Gasteiger partial charge in [-0.25, -0.2) is 0 Å². The molecule has 0 bridgehead atoms. The average molecular weight is 520 g/mol. The number of methoxy groups -OCH3 is 1. The van der Waals surface area contributed by atoms with Crippen LogP contribution in [0.1, 0.15) is 75.7 Å². The minimum absolute atomic E-state index is 0.0856. The van der Waals surface area contributed by atoms with Crippen LogP contribution in [0.3, 0.4) is 0 Å². The number of rotatable bonds is 6. The van der Waals surface area contributed by atoms with Crippen LogP contribution < -0.4 is 15.4 Å². The molecule has 2 saturated heterocycles. The van der Waals surface area contributed by atoms with Crippen molar-refractivity contribution < 1.29 is 19.1 Å². The minimum atomic E-state index is -0.802. The Hall–Kier alpha value is -3.54. The number of amides is 3. The summed E-state index contributed by atoms with van der Waals surface area (Å²) in [5.74, 6) is -0.289. The van der Waals surface area contributed by atoms with Gasteiger partial charge in [0.05, 0.1) is 13.2 Å². The van der Waals surface area contributed by atoms with Crippen LogP contribution in [0, 0.1) is 22.7 Å². The maximum atomic E-state index is 13.9. The van der Waals surface area contributed by atoms with Gasteiger partial charge in [0.25, 0.3) is 5.91 Å². The number of likely N-dealkylation sites (tertiary alicyclic amines) is 1. The lowest BCUT2D eigenvalue weighted by atomic mass is 9.72. The number of nitrogens with zero attached hydrogens (tertiary/aromatic N) is 2. The van der Waals surface area contributed by atoms with E-state index in [0.717, 1.165) is 36.6 Å². The third-order valence-corrected chi connectivity index (χ3v) is 8.64. The Morgan fingerprint density at radius 3 is 2.66 bits per heavy atom. The predicted octanol–water partition coefficient (Wildman–Crippen LogP) is 3.65. The highest BCUT2D eigenvalue weighted by Crippen LogP contribution is 2.47. The second-order valence-corrected chi connectivity index (χ2v) is 12.0. The molecule has 1 aromatic carbocycles. The van der Waals surface area contributed by atoms with Crippen LogP contribution in [0.5, 0.6) is 5.75 Å². The summed E-state index contributed by atoms with van der Waals surface area (Å²) in [6, 6.07) is 8.10. The van der Waals surface area contributed by atoms with Crippen LogP contribution >= 0.6 is 0 Å². The van der Waals surface area contributed by atoms with Crippen LogP contribution in [0.4, 0.5) is 0 Å². The molecule has 202 valence electrons.